The van der Waals surface area contributed by atoms with Crippen LogP contribution in [0.1, 0.15) is 0 Å². The van der Waals surface area contributed by atoms with Gasteiger partial charge in [0.15, 0.2) is 0 Å². The number of rotatable bonds is 1. The molecule has 0 saturated carbocycles. The molecule has 0 bridgehead atoms. The zero-order chi connectivity index (χ0) is 9.30. The van der Waals surface area contributed by atoms with E-state index in [0.717, 1.165) is 6.07 Å². The van der Waals surface area contributed by atoms with Crippen LogP contribution in [0.4, 0.5) is 10.1 Å². The van der Waals surface area contributed by atoms with Crippen LogP contribution in [-0.2, 0) is 0 Å². The molecule has 0 aromatic heterocycles. The lowest BCUT2D eigenvalue weighted by molar-refractivity contribution is -0.387. The maximum atomic E-state index is 12.9. The van der Waals surface area contributed by atoms with E-state index < -0.39 is 16.4 Å². The van der Waals surface area contributed by atoms with Crippen LogP contribution in [0.15, 0.2) is 21.1 Å². The summed E-state index contributed by atoms with van der Waals surface area (Å²) in [4.78, 5) is 9.48. The Balaban J connectivity index is 3.37. The van der Waals surface area contributed by atoms with Gasteiger partial charge in [0, 0.05) is 10.5 Å². The highest BCUT2D eigenvalue weighted by atomic mass is 79.9. The second kappa shape index (κ2) is 3.49. The number of nitrogens with zero attached hydrogens (tertiary/aromatic N) is 1. The molecular formula is C6H2Br2FNO2. The maximum absolute atomic E-state index is 12.9. The van der Waals surface area contributed by atoms with Gasteiger partial charge < -0.3 is 0 Å². The Morgan fingerprint density at radius 3 is 2.50 bits per heavy atom. The molecule has 0 spiro atoms. The Morgan fingerprint density at radius 2 is 2.00 bits per heavy atom. The Labute approximate surface area is 84.0 Å². The molecule has 64 valence electrons. The number of nitro groups is 1. The van der Waals surface area contributed by atoms with Crippen molar-refractivity contribution in [3.8, 4) is 0 Å². The van der Waals surface area contributed by atoms with Gasteiger partial charge in [-0.25, -0.2) is 0 Å². The highest BCUT2D eigenvalue weighted by Crippen LogP contribution is 2.29. The lowest BCUT2D eigenvalue weighted by Crippen LogP contribution is -1.93. The van der Waals surface area contributed by atoms with Gasteiger partial charge in [0.05, 0.1) is 9.40 Å². The molecule has 12 heavy (non-hydrogen) atoms. The first-order chi connectivity index (χ1) is 5.52. The van der Waals surface area contributed by atoms with Crippen molar-refractivity contribution in [2.45, 2.75) is 0 Å². The minimum atomic E-state index is -0.858. The van der Waals surface area contributed by atoms with E-state index in [1.807, 2.05) is 0 Å². The summed E-state index contributed by atoms with van der Waals surface area (Å²) in [6.07, 6.45) is 0. The number of halogens is 3. The highest BCUT2D eigenvalue weighted by Gasteiger charge is 2.17. The van der Waals surface area contributed by atoms with E-state index >= 15 is 0 Å². The monoisotopic (exact) mass is 297 g/mol. The largest absolute Gasteiger partial charge is 0.307 e. The van der Waals surface area contributed by atoms with Crippen LogP contribution in [0.25, 0.3) is 0 Å². The summed E-state index contributed by atoms with van der Waals surface area (Å²) in [7, 11) is 0. The summed E-state index contributed by atoms with van der Waals surface area (Å²) < 4.78 is 13.5. The van der Waals surface area contributed by atoms with Crippen molar-refractivity contribution in [3.05, 3.63) is 37.0 Å². The third kappa shape index (κ3) is 1.81. The summed E-state index contributed by atoms with van der Waals surface area (Å²) in [6, 6.07) is 2.52. The average molecular weight is 299 g/mol. The molecule has 1 aromatic rings. The quantitative estimate of drug-likeness (QED) is 0.454. The molecule has 3 nitrogen and oxygen atoms in total. The fourth-order valence-electron chi connectivity index (χ4n) is 0.675. The van der Waals surface area contributed by atoms with E-state index in [2.05, 4.69) is 31.9 Å². The normalized spacial score (nSPS) is 9.92. The maximum Gasteiger partial charge on any atom is 0.307 e. The predicted molar refractivity (Wildman–Crippen MR) is 48.5 cm³/mol. The summed E-state index contributed by atoms with van der Waals surface area (Å²) in [5.74, 6) is -0.858. The van der Waals surface area contributed by atoms with Crippen LogP contribution < -0.4 is 0 Å². The number of nitro benzene ring substituents is 1. The Kier molecular flexibility index (Phi) is 2.79. The highest BCUT2D eigenvalue weighted by molar-refractivity contribution is 9.11. The van der Waals surface area contributed by atoms with E-state index in [1.54, 1.807) is 0 Å². The zero-order valence-corrected chi connectivity index (χ0v) is 8.72. The molecule has 0 amide bonds. The van der Waals surface area contributed by atoms with Gasteiger partial charge in [-0.2, -0.15) is 4.39 Å². The van der Waals surface area contributed by atoms with Crippen molar-refractivity contribution in [2.75, 3.05) is 0 Å². The second-order valence-corrected chi connectivity index (χ2v) is 3.75. The average Bonchev–Trinajstić information content (AvgIpc) is 1.96. The molecule has 0 aliphatic carbocycles. The Morgan fingerprint density at radius 1 is 1.42 bits per heavy atom. The number of benzene rings is 1. The van der Waals surface area contributed by atoms with Crippen molar-refractivity contribution in [1.29, 1.82) is 0 Å². The van der Waals surface area contributed by atoms with Crippen LogP contribution in [0.3, 0.4) is 0 Å². The van der Waals surface area contributed by atoms with Crippen LogP contribution >= 0.6 is 31.9 Å². The van der Waals surface area contributed by atoms with E-state index in [9.17, 15) is 14.5 Å². The SMILES string of the molecule is O=[N+]([O-])c1cc(Br)cc(Br)c1F. The summed E-state index contributed by atoms with van der Waals surface area (Å²) in [6.45, 7) is 0. The minimum absolute atomic E-state index is 0.0728. The van der Waals surface area contributed by atoms with Gasteiger partial charge in [0.25, 0.3) is 0 Å². The Hall–Kier alpha value is -0.490. The van der Waals surface area contributed by atoms with Crippen LogP contribution in [0, 0.1) is 15.9 Å². The van der Waals surface area contributed by atoms with Gasteiger partial charge >= 0.3 is 5.69 Å². The first-order valence-corrected chi connectivity index (χ1v) is 4.40. The van der Waals surface area contributed by atoms with Gasteiger partial charge in [0.2, 0.25) is 5.82 Å². The smallest absolute Gasteiger partial charge is 0.258 e. The fraction of sp³-hybridized carbons (Fsp3) is 0. The summed E-state index contributed by atoms with van der Waals surface area (Å²) in [5.41, 5.74) is -0.545. The van der Waals surface area contributed by atoms with Crippen LogP contribution in [0.2, 0.25) is 0 Å². The number of hydrogen-bond donors (Lipinski definition) is 0. The molecule has 0 aliphatic heterocycles. The Bertz CT molecular complexity index is 343. The topological polar surface area (TPSA) is 43.1 Å². The van der Waals surface area contributed by atoms with E-state index in [4.69, 9.17) is 0 Å². The summed E-state index contributed by atoms with van der Waals surface area (Å²) >= 11 is 5.87. The molecule has 0 aliphatic rings. The molecule has 0 N–H and O–H groups in total. The number of hydrogen-bond acceptors (Lipinski definition) is 2. The molecule has 0 atom stereocenters. The van der Waals surface area contributed by atoms with Crippen molar-refractivity contribution >= 4 is 37.5 Å². The lowest BCUT2D eigenvalue weighted by Gasteiger charge is -1.96. The summed E-state index contributed by atoms with van der Waals surface area (Å²) in [5, 5.41) is 10.3. The van der Waals surface area contributed by atoms with Gasteiger partial charge in [-0.3, -0.25) is 10.1 Å². The van der Waals surface area contributed by atoms with Gasteiger partial charge in [0.1, 0.15) is 0 Å². The van der Waals surface area contributed by atoms with Crippen LogP contribution in [0.5, 0.6) is 0 Å². The molecule has 1 rings (SSSR count). The minimum Gasteiger partial charge on any atom is -0.258 e. The van der Waals surface area contributed by atoms with E-state index in [0.29, 0.717) is 4.47 Å². The van der Waals surface area contributed by atoms with Crippen molar-refractivity contribution in [1.82, 2.24) is 0 Å². The van der Waals surface area contributed by atoms with Gasteiger partial charge in [-0.15, -0.1) is 0 Å². The molecule has 0 fully saturated rings. The van der Waals surface area contributed by atoms with Crippen LogP contribution in [-0.4, -0.2) is 4.92 Å². The van der Waals surface area contributed by atoms with E-state index in [-0.39, 0.29) is 4.47 Å². The molecule has 6 heteroatoms. The molecule has 0 heterocycles. The third-order valence-corrected chi connectivity index (χ3v) is 2.21. The first-order valence-electron chi connectivity index (χ1n) is 2.81. The van der Waals surface area contributed by atoms with Gasteiger partial charge in [-0.1, -0.05) is 15.9 Å². The third-order valence-electron chi connectivity index (χ3n) is 1.17. The van der Waals surface area contributed by atoms with Gasteiger partial charge in [-0.05, 0) is 22.0 Å². The van der Waals surface area contributed by atoms with Crippen molar-refractivity contribution < 1.29 is 9.31 Å². The molecule has 1 aromatic carbocycles. The molecule has 0 saturated heterocycles. The fourth-order valence-corrected chi connectivity index (χ4v) is 1.88. The molecule has 0 unspecified atom stereocenters. The second-order valence-electron chi connectivity index (χ2n) is 1.98. The predicted octanol–water partition coefficient (Wildman–Crippen LogP) is 3.26. The lowest BCUT2D eigenvalue weighted by atomic mass is 10.3. The molecule has 0 radical (unpaired) electrons. The molecular weight excluding hydrogens is 297 g/mol. The van der Waals surface area contributed by atoms with E-state index in [1.165, 1.54) is 6.07 Å². The standard InChI is InChI=1S/C6H2Br2FNO2/c7-3-1-4(8)6(9)5(2-3)10(11)12/h1-2H. The zero-order valence-electron chi connectivity index (χ0n) is 5.55. The first kappa shape index (κ1) is 9.60. The van der Waals surface area contributed by atoms with Crippen molar-refractivity contribution in [3.63, 3.8) is 0 Å². The van der Waals surface area contributed by atoms with Crippen molar-refractivity contribution in [2.24, 2.45) is 0 Å².